The molecule has 4 atom stereocenters. The maximum absolute atomic E-state index is 14.2. The van der Waals surface area contributed by atoms with Crippen molar-refractivity contribution in [3.05, 3.63) is 42.4 Å². The van der Waals surface area contributed by atoms with E-state index in [9.17, 15) is 14.3 Å². The summed E-state index contributed by atoms with van der Waals surface area (Å²) in [5.41, 5.74) is 0.904. The van der Waals surface area contributed by atoms with E-state index in [0.717, 1.165) is 5.56 Å². The highest BCUT2D eigenvalue weighted by molar-refractivity contribution is 5.88. The minimum Gasteiger partial charge on any atom is -0.394 e. The zero-order valence-electron chi connectivity index (χ0n) is 12.3. The topological polar surface area (TPSA) is 86.1 Å². The van der Waals surface area contributed by atoms with Crippen LogP contribution in [0.2, 0.25) is 0 Å². The lowest BCUT2D eigenvalue weighted by molar-refractivity contribution is -0.135. The summed E-state index contributed by atoms with van der Waals surface area (Å²) >= 11 is 0. The number of halogens is 1. The molecular weight excluding hydrogens is 305 g/mol. The quantitative estimate of drug-likeness (QED) is 0.785. The largest absolute Gasteiger partial charge is 0.394 e. The molecule has 1 aromatic heterocycles. The van der Waals surface area contributed by atoms with E-state index >= 15 is 0 Å². The zero-order valence-corrected chi connectivity index (χ0v) is 12.3. The average molecular weight is 323 g/mol. The van der Waals surface area contributed by atoms with E-state index in [1.54, 1.807) is 24.5 Å². The molecule has 1 saturated heterocycles. The van der Waals surface area contributed by atoms with E-state index in [1.807, 2.05) is 0 Å². The number of carbonyl (C=O) groups is 1. The summed E-state index contributed by atoms with van der Waals surface area (Å²) in [5, 5.41) is 18.8. The number of ether oxygens (including phenoxy) is 1. The maximum Gasteiger partial charge on any atom is 0.249 e. The first-order chi connectivity index (χ1) is 11.1. The summed E-state index contributed by atoms with van der Waals surface area (Å²) in [6.45, 7) is 0.0285. The van der Waals surface area contributed by atoms with Crippen molar-refractivity contribution >= 4 is 5.91 Å². The maximum atomic E-state index is 14.2. The summed E-state index contributed by atoms with van der Waals surface area (Å²) in [7, 11) is 0. The Morgan fingerprint density at radius 2 is 2.13 bits per heavy atom. The number of nitrogens with zero attached hydrogens (tertiary/aromatic N) is 3. The fourth-order valence-corrected chi connectivity index (χ4v) is 2.70. The molecule has 0 spiro atoms. The highest BCUT2D eigenvalue weighted by atomic mass is 19.1. The Kier molecular flexibility index (Phi) is 4.56. The number of rotatable bonds is 4. The van der Waals surface area contributed by atoms with Gasteiger partial charge < -0.3 is 24.7 Å². The third-order valence-electron chi connectivity index (χ3n) is 3.98. The van der Waals surface area contributed by atoms with Gasteiger partial charge >= 0.3 is 0 Å². The lowest BCUT2D eigenvalue weighted by Gasteiger charge is -2.36. The van der Waals surface area contributed by atoms with Crippen LogP contribution in [-0.4, -0.2) is 68.8 Å². The number of hydrogen-bond acceptors (Lipinski definition) is 6. The summed E-state index contributed by atoms with van der Waals surface area (Å²) in [5.74, 6) is -0.189. The van der Waals surface area contributed by atoms with E-state index < -0.39 is 31.2 Å². The Hall–Kier alpha value is -2.03. The van der Waals surface area contributed by atoms with Gasteiger partial charge in [0.2, 0.25) is 5.91 Å². The first-order valence-electron chi connectivity index (χ1n) is 7.30. The average Bonchev–Trinajstić information content (AvgIpc) is 2.86. The summed E-state index contributed by atoms with van der Waals surface area (Å²) in [6.07, 6.45) is 1.02. The van der Waals surface area contributed by atoms with Gasteiger partial charge in [-0.1, -0.05) is 0 Å². The molecule has 0 saturated carbocycles. The van der Waals surface area contributed by atoms with Crippen LogP contribution in [0.1, 0.15) is 5.56 Å². The number of carbonyl (C=O) groups excluding carboxylic acids is 1. The fourth-order valence-electron chi connectivity index (χ4n) is 2.70. The third-order valence-corrected chi connectivity index (χ3v) is 3.98. The molecule has 7 nitrogen and oxygen atoms in total. The Balaban J connectivity index is 1.70. The van der Waals surface area contributed by atoms with Crippen LogP contribution in [0.15, 0.2) is 36.8 Å². The molecule has 0 bridgehead atoms. The van der Waals surface area contributed by atoms with Crippen molar-refractivity contribution in [3.63, 3.8) is 0 Å². The molecule has 124 valence electrons. The number of aromatic nitrogens is 1. The van der Waals surface area contributed by atoms with E-state index in [0.29, 0.717) is 6.54 Å². The van der Waals surface area contributed by atoms with E-state index in [-0.39, 0.29) is 12.6 Å². The smallest absolute Gasteiger partial charge is 0.249 e. The predicted octanol–water partition coefficient (Wildman–Crippen LogP) is -0.387. The molecule has 1 fully saturated rings. The molecule has 23 heavy (non-hydrogen) atoms. The van der Waals surface area contributed by atoms with Gasteiger partial charge in [-0.2, -0.15) is 0 Å². The van der Waals surface area contributed by atoms with Crippen LogP contribution in [0, 0.1) is 0 Å². The molecule has 1 unspecified atom stereocenters. The molecular formula is C15H18FN3O4. The molecule has 3 rings (SSSR count). The molecule has 2 N–H and O–H groups in total. The van der Waals surface area contributed by atoms with Gasteiger partial charge in [-0.3, -0.25) is 9.78 Å². The van der Waals surface area contributed by atoms with Gasteiger partial charge in [0.25, 0.3) is 0 Å². The van der Waals surface area contributed by atoms with Crippen LogP contribution in [0.25, 0.3) is 0 Å². The minimum atomic E-state index is -1.66. The van der Waals surface area contributed by atoms with E-state index in [2.05, 4.69) is 4.98 Å². The van der Waals surface area contributed by atoms with Gasteiger partial charge in [0, 0.05) is 31.2 Å². The van der Waals surface area contributed by atoms with Crippen LogP contribution >= 0.6 is 0 Å². The summed E-state index contributed by atoms with van der Waals surface area (Å²) in [6, 6.07) is 3.59. The fraction of sp³-hybridized carbons (Fsp3) is 0.467. The molecule has 3 heterocycles. The van der Waals surface area contributed by atoms with Crippen molar-refractivity contribution in [2.24, 2.45) is 0 Å². The molecule has 1 amide bonds. The Bertz CT molecular complexity index is 585. The van der Waals surface area contributed by atoms with Crippen LogP contribution in [-0.2, 0) is 16.1 Å². The molecule has 0 aromatic carbocycles. The Morgan fingerprint density at radius 3 is 2.78 bits per heavy atom. The highest BCUT2D eigenvalue weighted by Gasteiger charge is 2.46. The normalized spacial score (nSPS) is 31.0. The molecule has 8 heteroatoms. The van der Waals surface area contributed by atoms with Gasteiger partial charge in [0.05, 0.1) is 13.3 Å². The van der Waals surface area contributed by atoms with Gasteiger partial charge in [-0.05, 0) is 17.7 Å². The second-order valence-corrected chi connectivity index (χ2v) is 5.55. The number of aliphatic hydroxyl groups is 2. The van der Waals surface area contributed by atoms with E-state index in [4.69, 9.17) is 9.84 Å². The second-order valence-electron chi connectivity index (χ2n) is 5.55. The standard InChI is InChI=1S/C15H18FN3O4/c16-13-14(22)11(8-20)23-15(13)18-6-3-12(21)19(9-18)7-10-1-4-17-5-2-10/h1-6,11,13-15,20,22H,7-9H2/t11-,13-,14?,15-/m1/s1. The van der Waals surface area contributed by atoms with Crippen molar-refractivity contribution in [1.82, 2.24) is 14.8 Å². The lowest BCUT2D eigenvalue weighted by Crippen LogP contribution is -2.48. The predicted molar refractivity (Wildman–Crippen MR) is 77.3 cm³/mol. The first kappa shape index (κ1) is 15.9. The number of amides is 1. The molecule has 2 aliphatic heterocycles. The Labute approximate surface area is 132 Å². The van der Waals surface area contributed by atoms with Crippen LogP contribution in [0.5, 0.6) is 0 Å². The van der Waals surface area contributed by atoms with Gasteiger partial charge in [0.15, 0.2) is 12.4 Å². The van der Waals surface area contributed by atoms with Crippen LogP contribution in [0.4, 0.5) is 4.39 Å². The van der Waals surface area contributed by atoms with Gasteiger partial charge in [-0.25, -0.2) is 4.39 Å². The van der Waals surface area contributed by atoms with Crippen LogP contribution < -0.4 is 0 Å². The molecule has 0 aliphatic carbocycles. The number of pyridine rings is 1. The monoisotopic (exact) mass is 323 g/mol. The first-order valence-corrected chi connectivity index (χ1v) is 7.30. The molecule has 0 radical (unpaired) electrons. The highest BCUT2D eigenvalue weighted by Crippen LogP contribution is 2.28. The van der Waals surface area contributed by atoms with Crippen molar-refractivity contribution in [2.45, 2.75) is 31.2 Å². The second kappa shape index (κ2) is 6.61. The van der Waals surface area contributed by atoms with Crippen molar-refractivity contribution in [1.29, 1.82) is 0 Å². The van der Waals surface area contributed by atoms with Crippen molar-refractivity contribution < 1.29 is 24.1 Å². The van der Waals surface area contributed by atoms with Crippen molar-refractivity contribution in [2.75, 3.05) is 13.3 Å². The number of aliphatic hydroxyl groups excluding tert-OH is 2. The SMILES string of the molecule is O=C1C=CN([C@@H]2O[C@H](CO)C(O)[C@H]2F)CN1Cc1ccncc1. The van der Waals surface area contributed by atoms with Gasteiger partial charge in [0.1, 0.15) is 12.2 Å². The third kappa shape index (κ3) is 3.19. The van der Waals surface area contributed by atoms with Crippen molar-refractivity contribution in [3.8, 4) is 0 Å². The Morgan fingerprint density at radius 1 is 1.39 bits per heavy atom. The number of hydrogen-bond donors (Lipinski definition) is 2. The zero-order chi connectivity index (χ0) is 16.4. The summed E-state index contributed by atoms with van der Waals surface area (Å²) < 4.78 is 19.5. The summed E-state index contributed by atoms with van der Waals surface area (Å²) in [4.78, 5) is 19.0. The van der Waals surface area contributed by atoms with Crippen LogP contribution in [0.3, 0.4) is 0 Å². The number of alkyl halides is 1. The van der Waals surface area contributed by atoms with Gasteiger partial charge in [-0.15, -0.1) is 0 Å². The molecule has 1 aromatic rings. The molecule has 2 aliphatic rings. The minimum absolute atomic E-state index is 0.133. The lowest BCUT2D eigenvalue weighted by atomic mass is 10.1. The van der Waals surface area contributed by atoms with E-state index in [1.165, 1.54) is 22.1 Å².